The lowest BCUT2D eigenvalue weighted by Gasteiger charge is -2.22. The summed E-state index contributed by atoms with van der Waals surface area (Å²) in [6.07, 6.45) is 1.60. The number of methoxy groups -OCH3 is 1. The topological polar surface area (TPSA) is 80.7 Å². The van der Waals surface area contributed by atoms with Gasteiger partial charge in [-0.1, -0.05) is 0 Å². The number of aliphatic hydroxyl groups is 1. The first-order chi connectivity index (χ1) is 8.86. The number of anilines is 1. The third kappa shape index (κ3) is 4.40. The minimum absolute atomic E-state index is 0.000177. The van der Waals surface area contributed by atoms with Gasteiger partial charge in [0.25, 0.3) is 0 Å². The zero-order valence-electron chi connectivity index (χ0n) is 11.6. The quantitative estimate of drug-likeness (QED) is 0.755. The van der Waals surface area contributed by atoms with E-state index in [1.165, 1.54) is 14.0 Å². The van der Waals surface area contributed by atoms with Crippen LogP contribution in [0.2, 0.25) is 0 Å². The first-order valence-corrected chi connectivity index (χ1v) is 6.03. The van der Waals surface area contributed by atoms with Gasteiger partial charge in [0, 0.05) is 6.20 Å². The van der Waals surface area contributed by atoms with E-state index in [4.69, 9.17) is 4.74 Å². The molecule has 0 amide bonds. The molecule has 0 radical (unpaired) electrons. The van der Waals surface area contributed by atoms with Crippen molar-refractivity contribution in [2.75, 3.05) is 19.0 Å². The van der Waals surface area contributed by atoms with Crippen LogP contribution in [0, 0.1) is 0 Å². The molecule has 19 heavy (non-hydrogen) atoms. The van der Waals surface area contributed by atoms with Crippen molar-refractivity contribution in [1.82, 2.24) is 4.98 Å². The largest absolute Gasteiger partial charge is 0.473 e. The summed E-state index contributed by atoms with van der Waals surface area (Å²) >= 11 is 0. The van der Waals surface area contributed by atoms with Crippen LogP contribution in [0.1, 0.15) is 20.8 Å². The number of hydrogen-bond donors (Lipinski definition) is 2. The van der Waals surface area contributed by atoms with E-state index in [1.54, 1.807) is 18.3 Å². The molecule has 106 valence electrons. The summed E-state index contributed by atoms with van der Waals surface area (Å²) < 4.78 is 10.0. The molecule has 0 aliphatic rings. The van der Waals surface area contributed by atoms with Crippen LogP contribution in [0.15, 0.2) is 18.3 Å². The van der Waals surface area contributed by atoms with Gasteiger partial charge in [-0.25, -0.2) is 9.78 Å². The van der Waals surface area contributed by atoms with Crippen molar-refractivity contribution in [3.05, 3.63) is 18.3 Å². The molecule has 1 unspecified atom stereocenters. The highest BCUT2D eigenvalue weighted by atomic mass is 16.5. The number of ether oxygens (including phenoxy) is 2. The van der Waals surface area contributed by atoms with Crippen LogP contribution >= 0.6 is 0 Å². The van der Waals surface area contributed by atoms with E-state index in [-0.39, 0.29) is 12.6 Å². The van der Waals surface area contributed by atoms with E-state index < -0.39 is 11.6 Å². The number of aromatic nitrogens is 1. The Morgan fingerprint density at radius 3 is 2.84 bits per heavy atom. The number of rotatable bonds is 6. The molecule has 6 heteroatoms. The SMILES string of the molecule is COC(=O)C(C)(O)CNc1cccnc1OC(C)C. The normalized spacial score (nSPS) is 13.8. The molecular weight excluding hydrogens is 248 g/mol. The summed E-state index contributed by atoms with van der Waals surface area (Å²) in [5.41, 5.74) is -1.000. The van der Waals surface area contributed by atoms with Gasteiger partial charge < -0.3 is 19.9 Å². The maximum atomic E-state index is 11.4. The molecule has 0 fully saturated rings. The Morgan fingerprint density at radius 2 is 2.26 bits per heavy atom. The Balaban J connectivity index is 2.75. The fraction of sp³-hybridized carbons (Fsp3) is 0.538. The Morgan fingerprint density at radius 1 is 1.58 bits per heavy atom. The van der Waals surface area contributed by atoms with E-state index in [9.17, 15) is 9.90 Å². The lowest BCUT2D eigenvalue weighted by atomic mass is 10.1. The van der Waals surface area contributed by atoms with Gasteiger partial charge in [-0.05, 0) is 32.9 Å². The van der Waals surface area contributed by atoms with Gasteiger partial charge in [0.2, 0.25) is 5.88 Å². The van der Waals surface area contributed by atoms with Crippen LogP contribution in [-0.2, 0) is 9.53 Å². The van der Waals surface area contributed by atoms with Crippen LogP contribution in [-0.4, -0.2) is 41.4 Å². The molecule has 1 rings (SSSR count). The molecule has 1 heterocycles. The first kappa shape index (κ1) is 15.2. The molecule has 1 aromatic heterocycles. The summed E-state index contributed by atoms with van der Waals surface area (Å²) in [4.78, 5) is 15.5. The van der Waals surface area contributed by atoms with Gasteiger partial charge >= 0.3 is 5.97 Å². The van der Waals surface area contributed by atoms with Crippen molar-refractivity contribution in [1.29, 1.82) is 0 Å². The fourth-order valence-corrected chi connectivity index (χ4v) is 1.40. The van der Waals surface area contributed by atoms with E-state index in [2.05, 4.69) is 15.0 Å². The lowest BCUT2D eigenvalue weighted by Crippen LogP contribution is -2.42. The van der Waals surface area contributed by atoms with Crippen molar-refractivity contribution >= 4 is 11.7 Å². The third-order valence-electron chi connectivity index (χ3n) is 2.37. The molecule has 0 spiro atoms. The van der Waals surface area contributed by atoms with Gasteiger partial charge in [-0.15, -0.1) is 0 Å². The van der Waals surface area contributed by atoms with Crippen LogP contribution in [0.4, 0.5) is 5.69 Å². The molecule has 2 N–H and O–H groups in total. The molecule has 1 atom stereocenters. The van der Waals surface area contributed by atoms with Crippen LogP contribution in [0.5, 0.6) is 5.88 Å². The van der Waals surface area contributed by atoms with Gasteiger partial charge in [-0.3, -0.25) is 0 Å². The summed E-state index contributed by atoms with van der Waals surface area (Å²) in [5, 5.41) is 12.9. The van der Waals surface area contributed by atoms with E-state index in [1.807, 2.05) is 13.8 Å². The highest BCUT2D eigenvalue weighted by molar-refractivity contribution is 5.79. The standard InChI is InChI=1S/C13H20N2O4/c1-9(2)19-11-10(6-5-7-14-11)15-8-13(3,17)12(16)18-4/h5-7,9,15,17H,8H2,1-4H3. The Kier molecular flexibility index (Phi) is 5.11. The zero-order valence-corrected chi connectivity index (χ0v) is 11.6. The second kappa shape index (κ2) is 6.38. The maximum absolute atomic E-state index is 11.4. The number of carbonyl (C=O) groups excluding carboxylic acids is 1. The minimum atomic E-state index is -1.61. The predicted molar refractivity (Wildman–Crippen MR) is 71.1 cm³/mol. The predicted octanol–water partition coefficient (Wildman–Crippen LogP) is 1.20. The zero-order chi connectivity index (χ0) is 14.5. The highest BCUT2D eigenvalue weighted by Crippen LogP contribution is 2.22. The minimum Gasteiger partial charge on any atom is -0.473 e. The molecule has 0 bridgehead atoms. The van der Waals surface area contributed by atoms with Crippen molar-refractivity contribution < 1.29 is 19.4 Å². The van der Waals surface area contributed by atoms with E-state index in [0.29, 0.717) is 11.6 Å². The lowest BCUT2D eigenvalue weighted by molar-refractivity contribution is -0.158. The smallest absolute Gasteiger partial charge is 0.339 e. The third-order valence-corrected chi connectivity index (χ3v) is 2.37. The molecular formula is C13H20N2O4. The van der Waals surface area contributed by atoms with Gasteiger partial charge in [-0.2, -0.15) is 0 Å². The summed E-state index contributed by atoms with van der Waals surface area (Å²) in [5.74, 6) is -0.270. The second-order valence-corrected chi connectivity index (χ2v) is 4.64. The average molecular weight is 268 g/mol. The van der Waals surface area contributed by atoms with Crippen LogP contribution < -0.4 is 10.1 Å². The number of nitrogens with zero attached hydrogens (tertiary/aromatic N) is 1. The first-order valence-electron chi connectivity index (χ1n) is 6.03. The fourth-order valence-electron chi connectivity index (χ4n) is 1.40. The number of nitrogens with one attached hydrogen (secondary N) is 1. The summed E-state index contributed by atoms with van der Waals surface area (Å²) in [6.45, 7) is 5.16. The summed E-state index contributed by atoms with van der Waals surface area (Å²) in [6, 6.07) is 3.50. The summed E-state index contributed by atoms with van der Waals surface area (Å²) in [7, 11) is 1.23. The van der Waals surface area contributed by atoms with Crippen molar-refractivity contribution in [2.24, 2.45) is 0 Å². The molecule has 0 aliphatic carbocycles. The van der Waals surface area contributed by atoms with Gasteiger partial charge in [0.15, 0.2) is 5.60 Å². The van der Waals surface area contributed by atoms with Crippen molar-refractivity contribution in [3.63, 3.8) is 0 Å². The maximum Gasteiger partial charge on any atom is 0.339 e. The molecule has 0 aliphatic heterocycles. The second-order valence-electron chi connectivity index (χ2n) is 4.64. The Bertz CT molecular complexity index is 432. The van der Waals surface area contributed by atoms with Crippen LogP contribution in [0.3, 0.4) is 0 Å². The number of esters is 1. The number of carbonyl (C=O) groups is 1. The van der Waals surface area contributed by atoms with Crippen LogP contribution in [0.25, 0.3) is 0 Å². The van der Waals surface area contributed by atoms with Crippen molar-refractivity contribution in [3.8, 4) is 5.88 Å². The van der Waals surface area contributed by atoms with Gasteiger partial charge in [0.05, 0.1) is 25.4 Å². The molecule has 1 aromatic rings. The Hall–Kier alpha value is -1.82. The molecule has 6 nitrogen and oxygen atoms in total. The molecule has 0 saturated carbocycles. The number of hydrogen-bond acceptors (Lipinski definition) is 6. The monoisotopic (exact) mass is 268 g/mol. The van der Waals surface area contributed by atoms with Crippen molar-refractivity contribution in [2.45, 2.75) is 32.5 Å². The molecule has 0 saturated heterocycles. The van der Waals surface area contributed by atoms with Gasteiger partial charge in [0.1, 0.15) is 0 Å². The van der Waals surface area contributed by atoms with E-state index in [0.717, 1.165) is 0 Å². The number of pyridine rings is 1. The Labute approximate surface area is 112 Å². The molecule has 0 aromatic carbocycles. The highest BCUT2D eigenvalue weighted by Gasteiger charge is 2.31. The van der Waals surface area contributed by atoms with E-state index >= 15 is 0 Å². The average Bonchev–Trinajstić information content (AvgIpc) is 2.36.